The van der Waals surface area contributed by atoms with Gasteiger partial charge in [-0.2, -0.15) is 0 Å². The number of carbonyl (C=O) groups is 2. The molecule has 0 bridgehead atoms. The highest BCUT2D eigenvalue weighted by atomic mass is 32.2. The molecule has 0 spiro atoms. The van der Waals surface area contributed by atoms with E-state index in [9.17, 15) is 9.59 Å². The number of benzene rings is 1. The molecule has 23 heavy (non-hydrogen) atoms. The second-order valence-electron chi connectivity index (χ2n) is 5.18. The lowest BCUT2D eigenvalue weighted by atomic mass is 9.79. The van der Waals surface area contributed by atoms with Gasteiger partial charge in [0.15, 0.2) is 5.41 Å². The van der Waals surface area contributed by atoms with Crippen LogP contribution in [0.15, 0.2) is 46.7 Å². The number of unbranched alkanes of at least 4 members (excludes halogenated alkanes) is 1. The smallest absolute Gasteiger partial charge is 0.323 e. The van der Waals surface area contributed by atoms with Crippen molar-refractivity contribution in [1.29, 1.82) is 0 Å². The fourth-order valence-corrected chi connectivity index (χ4v) is 2.96. The predicted molar refractivity (Wildman–Crippen MR) is 92.0 cm³/mol. The largest absolute Gasteiger partial charge is 0.468 e. The van der Waals surface area contributed by atoms with E-state index < -0.39 is 17.4 Å². The lowest BCUT2D eigenvalue weighted by Crippen LogP contribution is -2.41. The molecule has 0 radical (unpaired) electrons. The summed E-state index contributed by atoms with van der Waals surface area (Å²) in [6.45, 7) is 2.01. The highest BCUT2D eigenvalue weighted by Gasteiger charge is 2.46. The summed E-state index contributed by atoms with van der Waals surface area (Å²) in [5.41, 5.74) is -1.26. The first-order valence-electron chi connectivity index (χ1n) is 7.64. The molecule has 0 aliphatic carbocycles. The van der Waals surface area contributed by atoms with Crippen LogP contribution in [0.4, 0.5) is 0 Å². The third kappa shape index (κ3) is 5.43. The number of hydrogen-bond acceptors (Lipinski definition) is 5. The van der Waals surface area contributed by atoms with Crippen LogP contribution in [0.5, 0.6) is 0 Å². The normalized spacial score (nSPS) is 11.4. The van der Waals surface area contributed by atoms with Gasteiger partial charge in [0.1, 0.15) is 0 Å². The Morgan fingerprint density at radius 1 is 1.13 bits per heavy atom. The molecule has 0 amide bonds. The van der Waals surface area contributed by atoms with Crippen LogP contribution < -0.4 is 0 Å². The van der Waals surface area contributed by atoms with E-state index in [4.69, 9.17) is 9.47 Å². The molecule has 0 aliphatic rings. The Kier molecular flexibility index (Phi) is 8.48. The standard InChI is InChI=1S/C18H24O4S/c1-4-5-12-18(16(19)21-2,17(20)22-3)13-9-14-23-15-10-7-6-8-11-15/h6-11,14H,4-5,12-13H2,1-3H3. The molecule has 4 nitrogen and oxygen atoms in total. The lowest BCUT2D eigenvalue weighted by molar-refractivity contribution is -0.169. The van der Waals surface area contributed by atoms with Gasteiger partial charge in [0.25, 0.3) is 0 Å². The fraction of sp³-hybridized carbons (Fsp3) is 0.444. The molecule has 0 aliphatic heterocycles. The van der Waals surface area contributed by atoms with Crippen molar-refractivity contribution in [2.24, 2.45) is 5.41 Å². The van der Waals surface area contributed by atoms with Gasteiger partial charge in [-0.3, -0.25) is 9.59 Å². The summed E-state index contributed by atoms with van der Waals surface area (Å²) in [6, 6.07) is 9.88. The van der Waals surface area contributed by atoms with Crippen LogP contribution >= 0.6 is 11.8 Å². The first-order valence-corrected chi connectivity index (χ1v) is 8.52. The zero-order valence-corrected chi connectivity index (χ0v) is 14.7. The quantitative estimate of drug-likeness (QED) is 0.384. The van der Waals surface area contributed by atoms with Crippen molar-refractivity contribution in [3.63, 3.8) is 0 Å². The molecular weight excluding hydrogens is 312 g/mol. The fourth-order valence-electron chi connectivity index (χ4n) is 2.30. The summed E-state index contributed by atoms with van der Waals surface area (Å²) < 4.78 is 9.74. The minimum Gasteiger partial charge on any atom is -0.468 e. The van der Waals surface area contributed by atoms with Crippen molar-refractivity contribution in [2.45, 2.75) is 37.5 Å². The molecular formula is C18H24O4S. The number of allylic oxidation sites excluding steroid dienone is 1. The van der Waals surface area contributed by atoms with Crippen molar-refractivity contribution >= 4 is 23.7 Å². The highest BCUT2D eigenvalue weighted by molar-refractivity contribution is 8.02. The molecule has 0 fully saturated rings. The average molecular weight is 336 g/mol. The van der Waals surface area contributed by atoms with Crippen LogP contribution in [0, 0.1) is 5.41 Å². The first kappa shape index (κ1) is 19.3. The van der Waals surface area contributed by atoms with Gasteiger partial charge in [0.2, 0.25) is 0 Å². The third-order valence-corrected chi connectivity index (χ3v) is 4.49. The van der Waals surface area contributed by atoms with Crippen molar-refractivity contribution < 1.29 is 19.1 Å². The van der Waals surface area contributed by atoms with Gasteiger partial charge in [-0.1, -0.05) is 55.8 Å². The summed E-state index contributed by atoms with van der Waals surface area (Å²) in [5, 5.41) is 1.89. The van der Waals surface area contributed by atoms with Crippen LogP contribution in [0.1, 0.15) is 32.6 Å². The molecule has 0 atom stereocenters. The Balaban J connectivity index is 2.85. The summed E-state index contributed by atoms with van der Waals surface area (Å²) in [5.74, 6) is -1.07. The van der Waals surface area contributed by atoms with Crippen LogP contribution in [0.2, 0.25) is 0 Å². The number of esters is 2. The van der Waals surface area contributed by atoms with E-state index in [0.29, 0.717) is 6.42 Å². The van der Waals surface area contributed by atoms with Crippen molar-refractivity contribution in [3.05, 3.63) is 41.8 Å². The number of carbonyl (C=O) groups excluding carboxylic acids is 2. The van der Waals surface area contributed by atoms with E-state index in [1.807, 2.05) is 48.7 Å². The van der Waals surface area contributed by atoms with Crippen LogP contribution in [-0.4, -0.2) is 26.2 Å². The minimum absolute atomic E-state index is 0.270. The maximum atomic E-state index is 12.2. The highest BCUT2D eigenvalue weighted by Crippen LogP contribution is 2.33. The van der Waals surface area contributed by atoms with E-state index >= 15 is 0 Å². The zero-order valence-electron chi connectivity index (χ0n) is 13.9. The summed E-state index contributed by atoms with van der Waals surface area (Å²) in [4.78, 5) is 25.6. The number of methoxy groups -OCH3 is 2. The summed E-state index contributed by atoms with van der Waals surface area (Å²) in [7, 11) is 2.60. The van der Waals surface area contributed by atoms with E-state index in [0.717, 1.165) is 17.7 Å². The Labute approximate surface area is 142 Å². The van der Waals surface area contributed by atoms with E-state index in [2.05, 4.69) is 0 Å². The summed E-state index contributed by atoms with van der Waals surface area (Å²) >= 11 is 1.54. The molecule has 0 unspecified atom stereocenters. The molecule has 0 heterocycles. The molecule has 0 saturated carbocycles. The lowest BCUT2D eigenvalue weighted by Gasteiger charge is -2.26. The molecule has 0 saturated heterocycles. The number of ether oxygens (including phenoxy) is 2. The van der Waals surface area contributed by atoms with Gasteiger partial charge in [-0.05, 0) is 30.4 Å². The number of rotatable bonds is 9. The van der Waals surface area contributed by atoms with Crippen LogP contribution in [-0.2, 0) is 19.1 Å². The van der Waals surface area contributed by atoms with Crippen molar-refractivity contribution in [2.75, 3.05) is 14.2 Å². The van der Waals surface area contributed by atoms with E-state index in [1.54, 1.807) is 0 Å². The molecule has 0 N–H and O–H groups in total. The molecule has 5 heteroatoms. The van der Waals surface area contributed by atoms with Gasteiger partial charge in [-0.15, -0.1) is 0 Å². The Hall–Kier alpha value is -1.75. The average Bonchev–Trinajstić information content (AvgIpc) is 2.61. The number of thioether (sulfide) groups is 1. The van der Waals surface area contributed by atoms with Gasteiger partial charge in [0, 0.05) is 4.90 Å². The topological polar surface area (TPSA) is 52.6 Å². The Morgan fingerprint density at radius 2 is 1.74 bits per heavy atom. The monoisotopic (exact) mass is 336 g/mol. The predicted octanol–water partition coefficient (Wildman–Crippen LogP) is 4.21. The first-order chi connectivity index (χ1) is 11.1. The second-order valence-corrected chi connectivity index (χ2v) is 6.15. The Bertz CT molecular complexity index is 509. The van der Waals surface area contributed by atoms with E-state index in [1.165, 1.54) is 26.0 Å². The third-order valence-electron chi connectivity index (χ3n) is 3.62. The van der Waals surface area contributed by atoms with Gasteiger partial charge in [0.05, 0.1) is 14.2 Å². The van der Waals surface area contributed by atoms with Crippen LogP contribution in [0.25, 0.3) is 0 Å². The molecule has 1 aromatic rings. The SMILES string of the molecule is CCCCC(CC=CSc1ccccc1)(C(=O)OC)C(=O)OC. The second kappa shape index (κ2) is 10.1. The van der Waals surface area contributed by atoms with Gasteiger partial charge >= 0.3 is 11.9 Å². The molecule has 0 aromatic heterocycles. The number of hydrogen-bond donors (Lipinski definition) is 0. The van der Waals surface area contributed by atoms with Gasteiger partial charge in [-0.25, -0.2) is 0 Å². The molecule has 1 aromatic carbocycles. The molecule has 126 valence electrons. The Morgan fingerprint density at radius 3 is 2.26 bits per heavy atom. The maximum absolute atomic E-state index is 12.2. The van der Waals surface area contributed by atoms with Crippen molar-refractivity contribution in [1.82, 2.24) is 0 Å². The molecule has 1 rings (SSSR count). The van der Waals surface area contributed by atoms with Crippen molar-refractivity contribution in [3.8, 4) is 0 Å². The summed E-state index contributed by atoms with van der Waals surface area (Å²) in [6.07, 6.45) is 4.17. The minimum atomic E-state index is -1.26. The van der Waals surface area contributed by atoms with Gasteiger partial charge < -0.3 is 9.47 Å². The van der Waals surface area contributed by atoms with E-state index in [-0.39, 0.29) is 6.42 Å². The van der Waals surface area contributed by atoms with Crippen LogP contribution in [0.3, 0.4) is 0 Å². The zero-order chi connectivity index (χ0) is 17.1. The maximum Gasteiger partial charge on any atom is 0.323 e.